The molecule has 0 unspecified atom stereocenters. The van der Waals surface area contributed by atoms with Crippen molar-refractivity contribution in [3.63, 3.8) is 0 Å². The Labute approximate surface area is 161 Å². The van der Waals surface area contributed by atoms with Crippen molar-refractivity contribution >= 4 is 23.5 Å². The largest absolute Gasteiger partial charge is 0.465 e. The van der Waals surface area contributed by atoms with Crippen LogP contribution in [0.15, 0.2) is 24.3 Å². The van der Waals surface area contributed by atoms with Gasteiger partial charge in [-0.2, -0.15) is 0 Å². The fraction of sp³-hybridized carbons (Fsp3) is 0.550. The number of ether oxygens (including phenoxy) is 1. The van der Waals surface area contributed by atoms with Gasteiger partial charge in [-0.1, -0.05) is 19.3 Å². The average molecular weight is 377 g/mol. The summed E-state index contributed by atoms with van der Waals surface area (Å²) in [5.74, 6) is -0.703. The fourth-order valence-corrected chi connectivity index (χ4v) is 2.64. The summed E-state index contributed by atoms with van der Waals surface area (Å²) < 4.78 is 4.91. The van der Waals surface area contributed by atoms with Gasteiger partial charge in [0, 0.05) is 17.7 Å². The molecule has 150 valence electrons. The van der Waals surface area contributed by atoms with E-state index >= 15 is 0 Å². The van der Waals surface area contributed by atoms with E-state index in [-0.39, 0.29) is 11.9 Å². The van der Waals surface area contributed by atoms with Gasteiger partial charge in [0.05, 0.1) is 13.2 Å². The lowest BCUT2D eigenvalue weighted by atomic mass is 10.1. The van der Waals surface area contributed by atoms with Crippen LogP contribution in [-0.4, -0.2) is 49.4 Å². The number of carbonyl (C=O) groups is 3. The molecule has 0 aliphatic heterocycles. The molecule has 0 fully saturated rings. The monoisotopic (exact) mass is 377 g/mol. The van der Waals surface area contributed by atoms with Crippen LogP contribution in [0.3, 0.4) is 0 Å². The Bertz CT molecular complexity index is 602. The van der Waals surface area contributed by atoms with Crippen LogP contribution in [0.1, 0.15) is 55.8 Å². The summed E-state index contributed by atoms with van der Waals surface area (Å²) >= 11 is 0. The Balaban J connectivity index is 2.06. The molecule has 27 heavy (non-hydrogen) atoms. The second-order valence-electron chi connectivity index (χ2n) is 6.55. The summed E-state index contributed by atoms with van der Waals surface area (Å²) in [5.41, 5.74) is 6.26. The van der Waals surface area contributed by atoms with E-state index in [2.05, 4.69) is 5.32 Å². The van der Waals surface area contributed by atoms with E-state index in [1.54, 1.807) is 31.2 Å². The highest BCUT2D eigenvalue weighted by Crippen LogP contribution is 2.11. The fourth-order valence-electron chi connectivity index (χ4n) is 2.64. The van der Waals surface area contributed by atoms with Crippen molar-refractivity contribution in [3.8, 4) is 0 Å². The van der Waals surface area contributed by atoms with Crippen molar-refractivity contribution in [1.29, 1.82) is 0 Å². The highest BCUT2D eigenvalue weighted by molar-refractivity contribution is 5.94. The molecular weight excluding hydrogens is 346 g/mol. The number of esters is 1. The van der Waals surface area contributed by atoms with Crippen molar-refractivity contribution in [2.45, 2.75) is 45.4 Å². The predicted octanol–water partition coefficient (Wildman–Crippen LogP) is 2.56. The minimum Gasteiger partial charge on any atom is -0.465 e. The van der Waals surface area contributed by atoms with Gasteiger partial charge >= 0.3 is 5.97 Å². The normalized spacial score (nSPS) is 10.6. The maximum Gasteiger partial charge on any atom is 0.320 e. The molecule has 1 aromatic rings. The van der Waals surface area contributed by atoms with E-state index in [9.17, 15) is 14.4 Å². The molecular formula is C20H31N3O4. The number of nitrogens with zero attached hydrogens (tertiary/aromatic N) is 1. The summed E-state index contributed by atoms with van der Waals surface area (Å²) in [6, 6.07) is 6.53. The van der Waals surface area contributed by atoms with Crippen LogP contribution in [0.2, 0.25) is 0 Å². The molecule has 1 aromatic carbocycles. The van der Waals surface area contributed by atoms with Gasteiger partial charge in [-0.05, 0) is 57.6 Å². The van der Waals surface area contributed by atoms with Gasteiger partial charge in [0.25, 0.3) is 0 Å². The smallest absolute Gasteiger partial charge is 0.320 e. The molecule has 7 nitrogen and oxygen atoms in total. The number of primary amides is 1. The lowest BCUT2D eigenvalue weighted by Crippen LogP contribution is -2.28. The van der Waals surface area contributed by atoms with Gasteiger partial charge in [0.15, 0.2) is 0 Å². The third-order valence-electron chi connectivity index (χ3n) is 4.10. The van der Waals surface area contributed by atoms with E-state index in [0.717, 1.165) is 38.6 Å². The molecule has 0 aliphatic rings. The Hall–Kier alpha value is -2.41. The maximum absolute atomic E-state index is 11.9. The lowest BCUT2D eigenvalue weighted by molar-refractivity contribution is -0.144. The third-order valence-corrected chi connectivity index (χ3v) is 4.10. The molecule has 1 rings (SSSR count). The molecule has 2 amide bonds. The molecule has 0 aliphatic carbocycles. The zero-order valence-electron chi connectivity index (χ0n) is 16.3. The second-order valence-corrected chi connectivity index (χ2v) is 6.55. The molecule has 0 radical (unpaired) electrons. The first-order valence-corrected chi connectivity index (χ1v) is 9.46. The van der Waals surface area contributed by atoms with Gasteiger partial charge in [-0.3, -0.25) is 19.3 Å². The summed E-state index contributed by atoms with van der Waals surface area (Å²) in [7, 11) is 1.91. The number of hydrogen-bond acceptors (Lipinski definition) is 5. The van der Waals surface area contributed by atoms with Crippen LogP contribution in [0, 0.1) is 0 Å². The van der Waals surface area contributed by atoms with Crippen LogP contribution in [0.4, 0.5) is 5.69 Å². The van der Waals surface area contributed by atoms with E-state index in [1.807, 2.05) is 11.9 Å². The number of nitrogens with one attached hydrogen (secondary N) is 1. The highest BCUT2D eigenvalue weighted by Gasteiger charge is 2.07. The van der Waals surface area contributed by atoms with Crippen LogP contribution < -0.4 is 11.1 Å². The quantitative estimate of drug-likeness (QED) is 0.406. The van der Waals surface area contributed by atoms with E-state index in [1.165, 1.54) is 0 Å². The Morgan fingerprint density at radius 3 is 2.30 bits per heavy atom. The number of likely N-dealkylation sites (N-methyl/N-ethyl adjacent to an activating group) is 1. The first-order chi connectivity index (χ1) is 12.9. The van der Waals surface area contributed by atoms with Crippen LogP contribution in [-0.2, 0) is 14.3 Å². The van der Waals surface area contributed by atoms with Crippen molar-refractivity contribution in [2.24, 2.45) is 5.73 Å². The van der Waals surface area contributed by atoms with Crippen molar-refractivity contribution in [1.82, 2.24) is 4.90 Å². The minimum absolute atomic E-state index is 0.0315. The SMILES string of the molecule is CCOC(=O)CN(C)CCCCCCCC(=O)Nc1ccc(C(N)=O)cc1. The lowest BCUT2D eigenvalue weighted by Gasteiger charge is -2.15. The van der Waals surface area contributed by atoms with Crippen LogP contribution >= 0.6 is 0 Å². The molecule has 0 spiro atoms. The molecule has 0 atom stereocenters. The molecule has 0 saturated carbocycles. The molecule has 0 heterocycles. The first-order valence-electron chi connectivity index (χ1n) is 9.46. The van der Waals surface area contributed by atoms with Gasteiger partial charge in [-0.15, -0.1) is 0 Å². The van der Waals surface area contributed by atoms with E-state index in [0.29, 0.717) is 30.8 Å². The molecule has 0 saturated heterocycles. The third kappa shape index (κ3) is 10.4. The van der Waals surface area contributed by atoms with Gasteiger partial charge < -0.3 is 15.8 Å². The van der Waals surface area contributed by atoms with Crippen LogP contribution in [0.5, 0.6) is 0 Å². The Kier molecular flexibility index (Phi) is 10.8. The number of rotatable bonds is 13. The van der Waals surface area contributed by atoms with E-state index in [4.69, 9.17) is 10.5 Å². The number of carbonyl (C=O) groups excluding carboxylic acids is 3. The summed E-state index contributed by atoms with van der Waals surface area (Å²) in [6.45, 7) is 3.41. The van der Waals surface area contributed by atoms with Gasteiger partial charge in [0.2, 0.25) is 11.8 Å². The van der Waals surface area contributed by atoms with Crippen LogP contribution in [0.25, 0.3) is 0 Å². The van der Waals surface area contributed by atoms with E-state index < -0.39 is 5.91 Å². The van der Waals surface area contributed by atoms with Crippen molar-refractivity contribution in [2.75, 3.05) is 32.1 Å². The topological polar surface area (TPSA) is 102 Å². The number of hydrogen-bond donors (Lipinski definition) is 2. The molecule has 0 aromatic heterocycles. The zero-order valence-corrected chi connectivity index (χ0v) is 16.3. The predicted molar refractivity (Wildman–Crippen MR) is 105 cm³/mol. The number of anilines is 1. The number of unbranched alkanes of at least 4 members (excludes halogenated alkanes) is 4. The van der Waals surface area contributed by atoms with Gasteiger partial charge in [0.1, 0.15) is 0 Å². The zero-order chi connectivity index (χ0) is 20.1. The Morgan fingerprint density at radius 2 is 1.67 bits per heavy atom. The number of amides is 2. The second kappa shape index (κ2) is 12.9. The molecule has 3 N–H and O–H groups in total. The molecule has 7 heteroatoms. The number of benzene rings is 1. The first kappa shape index (κ1) is 22.6. The summed E-state index contributed by atoms with van der Waals surface area (Å²) in [6.07, 6.45) is 5.46. The van der Waals surface area contributed by atoms with Crippen molar-refractivity contribution < 1.29 is 19.1 Å². The summed E-state index contributed by atoms with van der Waals surface area (Å²) in [4.78, 5) is 36.2. The minimum atomic E-state index is -0.486. The Morgan fingerprint density at radius 1 is 1.04 bits per heavy atom. The maximum atomic E-state index is 11.9. The number of nitrogens with two attached hydrogens (primary N) is 1. The standard InChI is InChI=1S/C20H31N3O4/c1-3-27-19(25)15-23(2)14-8-6-4-5-7-9-18(24)22-17-12-10-16(11-13-17)20(21)26/h10-13H,3-9,14-15H2,1-2H3,(H2,21,26)(H,22,24). The average Bonchev–Trinajstić information content (AvgIpc) is 2.61. The summed E-state index contributed by atoms with van der Waals surface area (Å²) in [5, 5.41) is 2.81. The molecule has 0 bridgehead atoms. The van der Waals surface area contributed by atoms with Gasteiger partial charge in [-0.25, -0.2) is 0 Å². The van der Waals surface area contributed by atoms with Crippen molar-refractivity contribution in [3.05, 3.63) is 29.8 Å². The highest BCUT2D eigenvalue weighted by atomic mass is 16.5.